The Balaban J connectivity index is 1.61. The normalized spacial score (nSPS) is 16.1. The van der Waals surface area contributed by atoms with Gasteiger partial charge in [0.05, 0.1) is 5.69 Å². The van der Waals surface area contributed by atoms with Gasteiger partial charge in [0.1, 0.15) is 0 Å². The van der Waals surface area contributed by atoms with E-state index >= 15 is 0 Å². The third-order valence-electron chi connectivity index (χ3n) is 3.69. The first-order valence-corrected chi connectivity index (χ1v) is 7.16. The molecule has 0 unspecified atom stereocenters. The molecule has 0 aromatic carbocycles. The Kier molecular flexibility index (Phi) is 3.96. The molecule has 0 aliphatic carbocycles. The lowest BCUT2D eigenvalue weighted by Crippen LogP contribution is -2.47. The fourth-order valence-electron chi connectivity index (χ4n) is 2.60. The minimum atomic E-state index is -0.119. The maximum absolute atomic E-state index is 11.7. The first kappa shape index (κ1) is 13.8. The molecule has 2 aromatic heterocycles. The second kappa shape index (κ2) is 6.05. The van der Waals surface area contributed by atoms with Gasteiger partial charge in [0, 0.05) is 50.8 Å². The van der Waals surface area contributed by atoms with Crippen LogP contribution in [0.1, 0.15) is 11.4 Å². The van der Waals surface area contributed by atoms with Crippen molar-refractivity contribution in [3.05, 3.63) is 52.3 Å². The number of piperazine rings is 1. The van der Waals surface area contributed by atoms with Gasteiger partial charge in [-0.25, -0.2) is 4.98 Å². The molecule has 1 aliphatic heterocycles. The van der Waals surface area contributed by atoms with Gasteiger partial charge in [-0.3, -0.25) is 14.7 Å². The van der Waals surface area contributed by atoms with Crippen LogP contribution in [0.4, 0.5) is 5.82 Å². The fraction of sp³-hybridized carbons (Fsp3) is 0.400. The minimum absolute atomic E-state index is 0.119. The number of H-pyrrole nitrogens is 1. The van der Waals surface area contributed by atoms with E-state index in [1.807, 2.05) is 24.0 Å². The number of aryl methyl sites for hydroxylation is 1. The van der Waals surface area contributed by atoms with E-state index in [2.05, 4.69) is 25.9 Å². The van der Waals surface area contributed by atoms with E-state index in [4.69, 9.17) is 0 Å². The van der Waals surface area contributed by atoms with Crippen molar-refractivity contribution in [3.63, 3.8) is 0 Å². The summed E-state index contributed by atoms with van der Waals surface area (Å²) < 4.78 is 0. The molecule has 0 spiro atoms. The van der Waals surface area contributed by atoms with Crippen LogP contribution >= 0.6 is 0 Å². The van der Waals surface area contributed by atoms with Crippen molar-refractivity contribution in [2.45, 2.75) is 13.5 Å². The first-order chi connectivity index (χ1) is 10.2. The van der Waals surface area contributed by atoms with Crippen LogP contribution in [0, 0.1) is 6.92 Å². The third kappa shape index (κ3) is 3.28. The van der Waals surface area contributed by atoms with E-state index in [0.717, 1.165) is 44.1 Å². The Morgan fingerprint density at radius 3 is 2.76 bits per heavy atom. The molecule has 0 amide bonds. The first-order valence-electron chi connectivity index (χ1n) is 7.16. The molecule has 6 nitrogen and oxygen atoms in total. The summed E-state index contributed by atoms with van der Waals surface area (Å²) in [6.45, 7) is 6.30. The van der Waals surface area contributed by atoms with E-state index in [1.165, 1.54) is 0 Å². The summed E-state index contributed by atoms with van der Waals surface area (Å²) in [4.78, 5) is 27.5. The molecule has 110 valence electrons. The topological polar surface area (TPSA) is 65.1 Å². The highest BCUT2D eigenvalue weighted by Crippen LogP contribution is 2.10. The maximum atomic E-state index is 11.7. The zero-order chi connectivity index (χ0) is 14.7. The largest absolute Gasteiger partial charge is 0.349 e. The third-order valence-corrected chi connectivity index (χ3v) is 3.69. The van der Waals surface area contributed by atoms with Crippen molar-refractivity contribution in [1.29, 1.82) is 0 Å². The molecule has 1 aliphatic rings. The van der Waals surface area contributed by atoms with Gasteiger partial charge in [-0.05, 0) is 19.1 Å². The zero-order valence-electron chi connectivity index (χ0n) is 12.1. The van der Waals surface area contributed by atoms with Gasteiger partial charge < -0.3 is 9.88 Å². The van der Waals surface area contributed by atoms with Crippen molar-refractivity contribution in [2.75, 3.05) is 31.1 Å². The van der Waals surface area contributed by atoms with Gasteiger partial charge in [0.15, 0.2) is 5.82 Å². The Morgan fingerprint density at radius 1 is 1.24 bits per heavy atom. The highest BCUT2D eigenvalue weighted by molar-refractivity contribution is 5.35. The number of aromatic amines is 1. The Bertz CT molecular complexity index is 661. The van der Waals surface area contributed by atoms with Gasteiger partial charge in [-0.1, -0.05) is 6.07 Å². The molecule has 0 saturated carbocycles. The molecule has 1 saturated heterocycles. The second-order valence-corrected chi connectivity index (χ2v) is 5.28. The van der Waals surface area contributed by atoms with Gasteiger partial charge in [-0.2, -0.15) is 0 Å². The second-order valence-electron chi connectivity index (χ2n) is 5.28. The molecule has 3 rings (SSSR count). The summed E-state index contributed by atoms with van der Waals surface area (Å²) in [7, 11) is 0. The Morgan fingerprint density at radius 2 is 2.05 bits per heavy atom. The van der Waals surface area contributed by atoms with Crippen LogP contribution in [0.2, 0.25) is 0 Å². The van der Waals surface area contributed by atoms with E-state index in [-0.39, 0.29) is 5.56 Å². The molecule has 0 radical (unpaired) electrons. The number of pyridine rings is 1. The Hall–Kier alpha value is -2.21. The number of nitrogens with zero attached hydrogens (tertiary/aromatic N) is 4. The lowest BCUT2D eigenvalue weighted by Gasteiger charge is -2.34. The molecule has 0 atom stereocenters. The molecule has 21 heavy (non-hydrogen) atoms. The van der Waals surface area contributed by atoms with Crippen LogP contribution in [0.3, 0.4) is 0 Å². The molecule has 3 heterocycles. The highest BCUT2D eigenvalue weighted by atomic mass is 16.1. The lowest BCUT2D eigenvalue weighted by molar-refractivity contribution is 0.246. The van der Waals surface area contributed by atoms with Crippen LogP contribution in [0.25, 0.3) is 0 Å². The smallest absolute Gasteiger partial charge is 0.290 e. The van der Waals surface area contributed by atoms with Gasteiger partial charge >= 0.3 is 0 Å². The van der Waals surface area contributed by atoms with Crippen LogP contribution in [0.15, 0.2) is 35.4 Å². The summed E-state index contributed by atoms with van der Waals surface area (Å²) in [5.41, 5.74) is 2.02. The van der Waals surface area contributed by atoms with Crippen molar-refractivity contribution >= 4 is 5.82 Å². The number of hydrogen-bond donors (Lipinski definition) is 1. The monoisotopic (exact) mass is 285 g/mol. The van der Waals surface area contributed by atoms with E-state index < -0.39 is 0 Å². The number of nitrogens with one attached hydrogen (secondary N) is 1. The molecule has 2 aromatic rings. The molecule has 6 heteroatoms. The summed E-state index contributed by atoms with van der Waals surface area (Å²) >= 11 is 0. The molecule has 1 fully saturated rings. The predicted molar refractivity (Wildman–Crippen MR) is 81.3 cm³/mol. The quantitative estimate of drug-likeness (QED) is 0.903. The van der Waals surface area contributed by atoms with Gasteiger partial charge in [-0.15, -0.1) is 0 Å². The van der Waals surface area contributed by atoms with Crippen molar-refractivity contribution in [2.24, 2.45) is 0 Å². The summed E-state index contributed by atoms with van der Waals surface area (Å²) in [6.07, 6.45) is 3.19. The standard InChI is InChI=1S/C15H19N5O/c1-12-3-2-4-13(18-12)11-19-7-9-20(10-8-19)14-15(21)17-6-5-16-14/h2-6H,7-11H2,1H3,(H,17,21). The minimum Gasteiger partial charge on any atom is -0.349 e. The average molecular weight is 285 g/mol. The lowest BCUT2D eigenvalue weighted by atomic mass is 10.2. The predicted octanol–water partition coefficient (Wildman–Crippen LogP) is 0.796. The Labute approximate surface area is 123 Å². The summed E-state index contributed by atoms with van der Waals surface area (Å²) in [5, 5.41) is 0. The SMILES string of the molecule is Cc1cccc(CN2CCN(c3ncc[nH]c3=O)CC2)n1. The van der Waals surface area contributed by atoms with Gasteiger partial charge in [0.25, 0.3) is 5.56 Å². The number of hydrogen-bond acceptors (Lipinski definition) is 5. The molecular formula is C15H19N5O. The van der Waals surface area contributed by atoms with E-state index in [9.17, 15) is 4.79 Å². The zero-order valence-corrected chi connectivity index (χ0v) is 12.1. The number of rotatable bonds is 3. The molecule has 0 bridgehead atoms. The molecular weight excluding hydrogens is 266 g/mol. The maximum Gasteiger partial charge on any atom is 0.290 e. The average Bonchev–Trinajstić information content (AvgIpc) is 2.49. The van der Waals surface area contributed by atoms with Crippen molar-refractivity contribution in [1.82, 2.24) is 19.9 Å². The fourth-order valence-corrected chi connectivity index (χ4v) is 2.60. The number of aromatic nitrogens is 3. The van der Waals surface area contributed by atoms with E-state index in [0.29, 0.717) is 5.82 Å². The van der Waals surface area contributed by atoms with Gasteiger partial charge in [0.2, 0.25) is 0 Å². The highest BCUT2D eigenvalue weighted by Gasteiger charge is 2.20. The summed E-state index contributed by atoms with van der Waals surface area (Å²) in [6, 6.07) is 6.11. The summed E-state index contributed by atoms with van der Waals surface area (Å²) in [5.74, 6) is 0.519. The van der Waals surface area contributed by atoms with Crippen molar-refractivity contribution < 1.29 is 0 Å². The van der Waals surface area contributed by atoms with Crippen LogP contribution in [-0.2, 0) is 6.54 Å². The van der Waals surface area contributed by atoms with E-state index in [1.54, 1.807) is 12.4 Å². The number of anilines is 1. The van der Waals surface area contributed by atoms with Crippen molar-refractivity contribution in [3.8, 4) is 0 Å². The van der Waals surface area contributed by atoms with Crippen LogP contribution < -0.4 is 10.5 Å². The molecule has 1 N–H and O–H groups in total. The van der Waals surface area contributed by atoms with Crippen LogP contribution in [0.5, 0.6) is 0 Å². The van der Waals surface area contributed by atoms with Crippen LogP contribution in [-0.4, -0.2) is 46.0 Å².